The molecule has 0 amide bonds. The summed E-state index contributed by atoms with van der Waals surface area (Å²) >= 11 is 0. The number of ether oxygens (including phenoxy) is 4. The highest BCUT2D eigenvalue weighted by Gasteiger charge is 2.41. The standard InChI is InChI=1S/C12H26O5/c1-5-8-10-17-12(13,16-9-6-2)11(14-4)15-7-3/h11,13H,5-10H2,1-4H3. The Balaban J connectivity index is 4.42. The van der Waals surface area contributed by atoms with Gasteiger partial charge in [-0.15, -0.1) is 0 Å². The second-order valence-electron chi connectivity index (χ2n) is 3.70. The van der Waals surface area contributed by atoms with Crippen molar-refractivity contribution in [3.05, 3.63) is 0 Å². The lowest BCUT2D eigenvalue weighted by molar-refractivity contribution is -0.439. The molecule has 0 aliphatic heterocycles. The van der Waals surface area contributed by atoms with Crippen molar-refractivity contribution in [1.29, 1.82) is 0 Å². The highest BCUT2D eigenvalue weighted by Crippen LogP contribution is 2.19. The summed E-state index contributed by atoms with van der Waals surface area (Å²) in [5, 5.41) is 10.3. The van der Waals surface area contributed by atoms with Crippen LogP contribution in [0.2, 0.25) is 0 Å². The molecular weight excluding hydrogens is 224 g/mol. The van der Waals surface area contributed by atoms with Crippen LogP contribution >= 0.6 is 0 Å². The number of rotatable bonds is 11. The van der Waals surface area contributed by atoms with Gasteiger partial charge in [-0.2, -0.15) is 0 Å². The van der Waals surface area contributed by atoms with Gasteiger partial charge in [0.25, 0.3) is 0 Å². The van der Waals surface area contributed by atoms with E-state index in [1.165, 1.54) is 7.11 Å². The van der Waals surface area contributed by atoms with Crippen molar-refractivity contribution in [2.45, 2.75) is 52.3 Å². The lowest BCUT2D eigenvalue weighted by atomic mass is 10.3. The molecule has 0 aliphatic carbocycles. The third-order valence-corrected chi connectivity index (χ3v) is 2.15. The first-order chi connectivity index (χ1) is 8.14. The van der Waals surface area contributed by atoms with E-state index in [1.807, 2.05) is 20.8 Å². The lowest BCUT2D eigenvalue weighted by Crippen LogP contribution is -2.50. The van der Waals surface area contributed by atoms with Gasteiger partial charge in [-0.05, 0) is 19.8 Å². The monoisotopic (exact) mass is 250 g/mol. The average Bonchev–Trinajstić information content (AvgIpc) is 2.33. The molecule has 0 spiro atoms. The fourth-order valence-corrected chi connectivity index (χ4v) is 1.26. The predicted molar refractivity (Wildman–Crippen MR) is 64.5 cm³/mol. The highest BCUT2D eigenvalue weighted by atomic mass is 16.9. The summed E-state index contributed by atoms with van der Waals surface area (Å²) in [5.74, 6) is -1.82. The summed E-state index contributed by atoms with van der Waals surface area (Å²) < 4.78 is 21.0. The summed E-state index contributed by atoms with van der Waals surface area (Å²) in [6.07, 6.45) is 1.68. The molecule has 0 aromatic rings. The largest absolute Gasteiger partial charge is 0.349 e. The Labute approximate surface area is 104 Å². The van der Waals surface area contributed by atoms with Crippen molar-refractivity contribution in [3.63, 3.8) is 0 Å². The van der Waals surface area contributed by atoms with Crippen molar-refractivity contribution in [2.75, 3.05) is 26.9 Å². The molecule has 0 fully saturated rings. The van der Waals surface area contributed by atoms with Crippen LogP contribution in [0.1, 0.15) is 40.0 Å². The van der Waals surface area contributed by atoms with Gasteiger partial charge >= 0.3 is 5.97 Å². The summed E-state index contributed by atoms with van der Waals surface area (Å²) in [5.41, 5.74) is 0. The zero-order valence-corrected chi connectivity index (χ0v) is 11.4. The van der Waals surface area contributed by atoms with Crippen LogP contribution in [-0.4, -0.2) is 44.3 Å². The molecule has 17 heavy (non-hydrogen) atoms. The third-order valence-electron chi connectivity index (χ3n) is 2.15. The molecule has 0 rings (SSSR count). The normalized spacial score (nSPS) is 16.8. The quantitative estimate of drug-likeness (QED) is 0.448. The maximum absolute atomic E-state index is 10.3. The Bertz CT molecular complexity index is 176. The molecule has 0 saturated heterocycles. The Morgan fingerprint density at radius 2 is 1.71 bits per heavy atom. The van der Waals surface area contributed by atoms with Gasteiger partial charge in [0, 0.05) is 13.7 Å². The van der Waals surface area contributed by atoms with E-state index in [-0.39, 0.29) is 0 Å². The van der Waals surface area contributed by atoms with E-state index in [0.717, 1.165) is 19.3 Å². The zero-order valence-electron chi connectivity index (χ0n) is 11.4. The molecule has 0 heterocycles. The molecule has 5 nitrogen and oxygen atoms in total. The molecule has 0 aromatic carbocycles. The molecule has 0 aliphatic rings. The maximum atomic E-state index is 10.3. The lowest BCUT2D eigenvalue weighted by Gasteiger charge is -2.33. The van der Waals surface area contributed by atoms with Crippen LogP contribution < -0.4 is 0 Å². The van der Waals surface area contributed by atoms with Crippen molar-refractivity contribution in [3.8, 4) is 0 Å². The van der Waals surface area contributed by atoms with Crippen LogP contribution in [0.25, 0.3) is 0 Å². The Kier molecular flexibility index (Phi) is 9.68. The first kappa shape index (κ1) is 16.8. The minimum atomic E-state index is -1.82. The van der Waals surface area contributed by atoms with Crippen molar-refractivity contribution >= 4 is 0 Å². The minimum absolute atomic E-state index is 0.384. The summed E-state index contributed by atoms with van der Waals surface area (Å²) in [6, 6.07) is 0. The van der Waals surface area contributed by atoms with Crippen LogP contribution in [0.15, 0.2) is 0 Å². The van der Waals surface area contributed by atoms with Gasteiger partial charge in [-0.3, -0.25) is 0 Å². The van der Waals surface area contributed by atoms with Crippen molar-refractivity contribution < 1.29 is 24.1 Å². The molecule has 2 atom stereocenters. The molecule has 0 bridgehead atoms. The van der Waals surface area contributed by atoms with Gasteiger partial charge in [-0.25, -0.2) is 0 Å². The van der Waals surface area contributed by atoms with Crippen LogP contribution in [0, 0.1) is 0 Å². The molecule has 104 valence electrons. The zero-order chi connectivity index (χ0) is 13.1. The van der Waals surface area contributed by atoms with Gasteiger partial charge in [-0.1, -0.05) is 20.3 Å². The second-order valence-corrected chi connectivity index (χ2v) is 3.70. The van der Waals surface area contributed by atoms with Gasteiger partial charge in [0.15, 0.2) is 0 Å². The molecule has 1 N–H and O–H groups in total. The van der Waals surface area contributed by atoms with E-state index in [2.05, 4.69) is 0 Å². The molecular formula is C12H26O5. The van der Waals surface area contributed by atoms with Crippen LogP contribution in [0.4, 0.5) is 0 Å². The molecule has 0 saturated carbocycles. The van der Waals surface area contributed by atoms with Gasteiger partial charge in [0.1, 0.15) is 0 Å². The minimum Gasteiger partial charge on any atom is -0.349 e. The fraction of sp³-hybridized carbons (Fsp3) is 1.00. The van der Waals surface area contributed by atoms with E-state index in [0.29, 0.717) is 19.8 Å². The van der Waals surface area contributed by atoms with E-state index in [9.17, 15) is 5.11 Å². The topological polar surface area (TPSA) is 57.2 Å². The molecule has 0 radical (unpaired) electrons. The molecule has 5 heteroatoms. The number of unbranched alkanes of at least 4 members (excludes halogenated alkanes) is 1. The maximum Gasteiger partial charge on any atom is 0.334 e. The average molecular weight is 250 g/mol. The Morgan fingerprint density at radius 1 is 1.06 bits per heavy atom. The third kappa shape index (κ3) is 6.33. The summed E-state index contributed by atoms with van der Waals surface area (Å²) in [7, 11) is 1.45. The van der Waals surface area contributed by atoms with Crippen molar-refractivity contribution in [2.24, 2.45) is 0 Å². The molecule has 2 unspecified atom stereocenters. The number of aliphatic hydroxyl groups is 1. The smallest absolute Gasteiger partial charge is 0.334 e. The van der Waals surface area contributed by atoms with Crippen LogP contribution in [0.3, 0.4) is 0 Å². The SMILES string of the molecule is CCCCOC(O)(OCCC)C(OC)OCC. The summed E-state index contributed by atoms with van der Waals surface area (Å²) in [4.78, 5) is 0. The van der Waals surface area contributed by atoms with Crippen LogP contribution in [0.5, 0.6) is 0 Å². The number of methoxy groups -OCH3 is 1. The van der Waals surface area contributed by atoms with E-state index in [1.54, 1.807) is 0 Å². The van der Waals surface area contributed by atoms with Crippen LogP contribution in [-0.2, 0) is 18.9 Å². The predicted octanol–water partition coefficient (Wildman–Crippen LogP) is 1.88. The van der Waals surface area contributed by atoms with Gasteiger partial charge in [0.05, 0.1) is 13.2 Å². The van der Waals surface area contributed by atoms with Crippen molar-refractivity contribution in [1.82, 2.24) is 0 Å². The second kappa shape index (κ2) is 9.79. The highest BCUT2D eigenvalue weighted by molar-refractivity contribution is 4.60. The first-order valence-corrected chi connectivity index (χ1v) is 6.29. The first-order valence-electron chi connectivity index (χ1n) is 6.29. The van der Waals surface area contributed by atoms with E-state index in [4.69, 9.17) is 18.9 Å². The molecule has 0 aromatic heterocycles. The Morgan fingerprint density at radius 3 is 2.18 bits per heavy atom. The number of hydrogen-bond acceptors (Lipinski definition) is 5. The fourth-order valence-electron chi connectivity index (χ4n) is 1.26. The van der Waals surface area contributed by atoms with Gasteiger partial charge < -0.3 is 24.1 Å². The Hall–Kier alpha value is -0.200. The van der Waals surface area contributed by atoms with Gasteiger partial charge in [0.2, 0.25) is 6.29 Å². The van der Waals surface area contributed by atoms with E-state index >= 15 is 0 Å². The number of hydrogen-bond donors (Lipinski definition) is 1. The van der Waals surface area contributed by atoms with E-state index < -0.39 is 12.3 Å². The summed E-state index contributed by atoms with van der Waals surface area (Å²) in [6.45, 7) is 7.02.